The number of fused-ring (bicyclic) bond motifs is 1. The first-order chi connectivity index (χ1) is 10.6. The quantitative estimate of drug-likeness (QED) is 0.918. The highest BCUT2D eigenvalue weighted by Crippen LogP contribution is 2.33. The maximum Gasteiger partial charge on any atom is 0.224 e. The maximum absolute atomic E-state index is 4.70. The van der Waals surface area contributed by atoms with E-state index in [0.29, 0.717) is 5.95 Å². The number of nitrogens with one attached hydrogen (secondary N) is 1. The molecule has 2 heterocycles. The molecule has 0 unspecified atom stereocenters. The first-order valence-electron chi connectivity index (χ1n) is 7.73. The lowest BCUT2D eigenvalue weighted by Gasteiger charge is -2.19. The highest BCUT2D eigenvalue weighted by Gasteiger charge is 2.21. The van der Waals surface area contributed by atoms with Crippen molar-refractivity contribution >= 4 is 17.5 Å². The Bertz CT molecular complexity index is 653. The van der Waals surface area contributed by atoms with Crippen LogP contribution >= 0.6 is 0 Å². The lowest BCUT2D eigenvalue weighted by Crippen LogP contribution is -2.22. The van der Waals surface area contributed by atoms with Crippen LogP contribution < -0.4 is 10.2 Å². The van der Waals surface area contributed by atoms with Gasteiger partial charge in [-0.1, -0.05) is 18.2 Å². The number of anilines is 3. The molecule has 1 aliphatic heterocycles. The maximum atomic E-state index is 4.70. The standard InChI is InChI=1S/C17H23N5/c1-13-12-16(20-17(19-13)18-9-11-21(2)3)22-10-8-14-6-4-5-7-15(14)22/h4-7,12H,8-11H2,1-3H3,(H,18,19,20). The molecule has 22 heavy (non-hydrogen) atoms. The van der Waals surface area contributed by atoms with E-state index in [2.05, 4.69) is 64.5 Å². The van der Waals surface area contributed by atoms with Gasteiger partial charge in [-0.3, -0.25) is 0 Å². The highest BCUT2D eigenvalue weighted by molar-refractivity contribution is 5.68. The van der Waals surface area contributed by atoms with Gasteiger partial charge < -0.3 is 15.1 Å². The van der Waals surface area contributed by atoms with Crippen molar-refractivity contribution in [2.45, 2.75) is 13.3 Å². The molecular formula is C17H23N5. The van der Waals surface area contributed by atoms with E-state index >= 15 is 0 Å². The molecule has 1 aromatic carbocycles. The van der Waals surface area contributed by atoms with Crippen LogP contribution in [0.3, 0.4) is 0 Å². The molecule has 1 aliphatic rings. The van der Waals surface area contributed by atoms with Crippen molar-refractivity contribution in [3.63, 3.8) is 0 Å². The van der Waals surface area contributed by atoms with Crippen LogP contribution in [0, 0.1) is 6.92 Å². The van der Waals surface area contributed by atoms with Gasteiger partial charge in [0.25, 0.3) is 0 Å². The van der Waals surface area contributed by atoms with Crippen molar-refractivity contribution in [2.75, 3.05) is 43.9 Å². The van der Waals surface area contributed by atoms with E-state index < -0.39 is 0 Å². The molecule has 0 saturated heterocycles. The number of rotatable bonds is 5. The summed E-state index contributed by atoms with van der Waals surface area (Å²) < 4.78 is 0. The van der Waals surface area contributed by atoms with Gasteiger partial charge in [-0.05, 0) is 39.1 Å². The van der Waals surface area contributed by atoms with Crippen molar-refractivity contribution < 1.29 is 0 Å². The van der Waals surface area contributed by atoms with Crippen LogP contribution in [0.25, 0.3) is 0 Å². The fourth-order valence-corrected chi connectivity index (χ4v) is 2.74. The van der Waals surface area contributed by atoms with Crippen LogP contribution in [0.15, 0.2) is 30.3 Å². The minimum absolute atomic E-state index is 0.709. The van der Waals surface area contributed by atoms with Crippen LogP contribution in [-0.2, 0) is 6.42 Å². The summed E-state index contributed by atoms with van der Waals surface area (Å²) >= 11 is 0. The van der Waals surface area contributed by atoms with Crippen molar-refractivity contribution in [1.29, 1.82) is 0 Å². The molecule has 0 amide bonds. The molecule has 0 saturated carbocycles. The van der Waals surface area contributed by atoms with Gasteiger partial charge in [-0.15, -0.1) is 0 Å². The largest absolute Gasteiger partial charge is 0.353 e. The predicted octanol–water partition coefficient (Wildman–Crippen LogP) is 2.45. The molecule has 1 aromatic heterocycles. The molecule has 116 valence electrons. The van der Waals surface area contributed by atoms with Crippen molar-refractivity contribution in [1.82, 2.24) is 14.9 Å². The summed E-state index contributed by atoms with van der Waals surface area (Å²) in [5.41, 5.74) is 3.64. The summed E-state index contributed by atoms with van der Waals surface area (Å²) in [5, 5.41) is 3.31. The van der Waals surface area contributed by atoms with Gasteiger partial charge in [0.05, 0.1) is 0 Å². The molecule has 0 spiro atoms. The Morgan fingerprint density at radius 2 is 2.05 bits per heavy atom. The number of para-hydroxylation sites is 1. The lowest BCUT2D eigenvalue weighted by atomic mass is 10.2. The molecule has 0 fully saturated rings. The number of benzene rings is 1. The molecule has 1 N–H and O–H groups in total. The smallest absolute Gasteiger partial charge is 0.224 e. The van der Waals surface area contributed by atoms with Gasteiger partial charge in [0, 0.05) is 37.1 Å². The van der Waals surface area contributed by atoms with E-state index in [1.165, 1.54) is 11.3 Å². The zero-order valence-corrected chi connectivity index (χ0v) is 13.5. The summed E-state index contributed by atoms with van der Waals surface area (Å²) in [4.78, 5) is 13.6. The van der Waals surface area contributed by atoms with Gasteiger partial charge in [-0.2, -0.15) is 4.98 Å². The Balaban J connectivity index is 1.81. The second kappa shape index (κ2) is 6.32. The number of likely N-dealkylation sites (N-methyl/N-ethyl adjacent to an activating group) is 1. The van der Waals surface area contributed by atoms with Crippen molar-refractivity contribution in [2.24, 2.45) is 0 Å². The molecule has 0 bridgehead atoms. The van der Waals surface area contributed by atoms with Crippen molar-refractivity contribution in [3.8, 4) is 0 Å². The summed E-state index contributed by atoms with van der Waals surface area (Å²) in [6.07, 6.45) is 1.07. The third-order valence-corrected chi connectivity index (χ3v) is 3.85. The van der Waals surface area contributed by atoms with Crippen LogP contribution in [0.2, 0.25) is 0 Å². The summed E-state index contributed by atoms with van der Waals surface area (Å²) in [6, 6.07) is 10.6. The molecule has 0 atom stereocenters. The second-order valence-electron chi connectivity index (χ2n) is 5.95. The molecule has 5 heteroatoms. The normalized spacial score (nSPS) is 13.5. The average Bonchev–Trinajstić information content (AvgIpc) is 2.90. The number of aryl methyl sites for hydroxylation is 1. The number of aromatic nitrogens is 2. The van der Waals surface area contributed by atoms with E-state index in [9.17, 15) is 0 Å². The molecule has 3 rings (SSSR count). The van der Waals surface area contributed by atoms with E-state index in [1.807, 2.05) is 6.92 Å². The lowest BCUT2D eigenvalue weighted by molar-refractivity contribution is 0.425. The SMILES string of the molecule is Cc1cc(N2CCc3ccccc32)nc(NCCN(C)C)n1. The van der Waals surface area contributed by atoms with E-state index in [1.54, 1.807) is 0 Å². The fourth-order valence-electron chi connectivity index (χ4n) is 2.74. The van der Waals surface area contributed by atoms with Crippen LogP contribution in [0.1, 0.15) is 11.3 Å². The number of hydrogen-bond donors (Lipinski definition) is 1. The average molecular weight is 297 g/mol. The fraction of sp³-hybridized carbons (Fsp3) is 0.412. The minimum Gasteiger partial charge on any atom is -0.353 e. The Morgan fingerprint density at radius 1 is 1.23 bits per heavy atom. The van der Waals surface area contributed by atoms with E-state index in [0.717, 1.165) is 37.6 Å². The number of nitrogens with zero attached hydrogens (tertiary/aromatic N) is 4. The van der Waals surface area contributed by atoms with Crippen molar-refractivity contribution in [3.05, 3.63) is 41.6 Å². The number of hydrogen-bond acceptors (Lipinski definition) is 5. The van der Waals surface area contributed by atoms with Crippen LogP contribution in [0.5, 0.6) is 0 Å². The topological polar surface area (TPSA) is 44.3 Å². The summed E-state index contributed by atoms with van der Waals surface area (Å²) in [6.45, 7) is 4.79. The minimum atomic E-state index is 0.709. The highest BCUT2D eigenvalue weighted by atomic mass is 15.2. The first kappa shape index (κ1) is 14.8. The monoisotopic (exact) mass is 297 g/mol. The molecule has 5 nitrogen and oxygen atoms in total. The van der Waals surface area contributed by atoms with Gasteiger partial charge in [0.15, 0.2) is 0 Å². The van der Waals surface area contributed by atoms with Crippen LogP contribution in [0.4, 0.5) is 17.5 Å². The molecular weight excluding hydrogens is 274 g/mol. The Labute approximate surface area is 132 Å². The molecule has 0 aliphatic carbocycles. The molecule has 2 aromatic rings. The Hall–Kier alpha value is -2.14. The second-order valence-corrected chi connectivity index (χ2v) is 5.95. The third-order valence-electron chi connectivity index (χ3n) is 3.85. The summed E-state index contributed by atoms with van der Waals surface area (Å²) in [7, 11) is 4.12. The zero-order chi connectivity index (χ0) is 15.5. The third kappa shape index (κ3) is 3.20. The van der Waals surface area contributed by atoms with E-state index in [-0.39, 0.29) is 0 Å². The molecule has 0 radical (unpaired) electrons. The first-order valence-corrected chi connectivity index (χ1v) is 7.73. The van der Waals surface area contributed by atoms with Crippen LogP contribution in [-0.4, -0.2) is 48.6 Å². The Morgan fingerprint density at radius 3 is 2.86 bits per heavy atom. The predicted molar refractivity (Wildman–Crippen MR) is 91.0 cm³/mol. The van der Waals surface area contributed by atoms with Gasteiger partial charge in [0.2, 0.25) is 5.95 Å². The van der Waals surface area contributed by atoms with E-state index in [4.69, 9.17) is 4.98 Å². The van der Waals surface area contributed by atoms with Gasteiger partial charge in [-0.25, -0.2) is 4.98 Å². The van der Waals surface area contributed by atoms with Gasteiger partial charge >= 0.3 is 0 Å². The van der Waals surface area contributed by atoms with Gasteiger partial charge in [0.1, 0.15) is 5.82 Å². The Kier molecular flexibility index (Phi) is 4.24. The zero-order valence-electron chi connectivity index (χ0n) is 13.5. The summed E-state index contributed by atoms with van der Waals surface area (Å²) in [5.74, 6) is 1.69.